The van der Waals surface area contributed by atoms with Gasteiger partial charge in [-0.2, -0.15) is 0 Å². The Labute approximate surface area is 84.5 Å². The van der Waals surface area contributed by atoms with Crippen molar-refractivity contribution in [2.45, 2.75) is 13.0 Å². The molecule has 3 nitrogen and oxygen atoms in total. The number of para-hydroxylation sites is 1. The molecule has 0 bridgehead atoms. The molecule has 2 N–H and O–H groups in total. The molecule has 1 aromatic rings. The minimum absolute atomic E-state index is 0.407. The van der Waals surface area contributed by atoms with Crippen molar-refractivity contribution in [2.75, 3.05) is 18.0 Å². The molecule has 0 aliphatic rings. The Balaban J connectivity index is 2.67. The fourth-order valence-corrected chi connectivity index (χ4v) is 1.35. The minimum Gasteiger partial charge on any atom is -0.370 e. The van der Waals surface area contributed by atoms with Crippen molar-refractivity contribution < 1.29 is 4.79 Å². The van der Waals surface area contributed by atoms with Crippen molar-refractivity contribution in [3.8, 4) is 0 Å². The largest absolute Gasteiger partial charge is 0.370 e. The van der Waals surface area contributed by atoms with Gasteiger partial charge >= 0.3 is 0 Å². The first-order valence-electron chi connectivity index (χ1n) is 4.78. The molecule has 0 aliphatic carbocycles. The zero-order chi connectivity index (χ0) is 10.4. The Morgan fingerprint density at radius 1 is 1.43 bits per heavy atom. The van der Waals surface area contributed by atoms with Crippen LogP contribution in [0.25, 0.3) is 0 Å². The number of nitrogens with zero attached hydrogens (tertiary/aromatic N) is 1. The maximum Gasteiger partial charge on any atom is 0.138 e. The molecule has 1 atom stereocenters. The summed E-state index contributed by atoms with van der Waals surface area (Å²) >= 11 is 0. The van der Waals surface area contributed by atoms with E-state index in [2.05, 4.69) is 4.90 Å². The second-order valence-electron chi connectivity index (χ2n) is 3.17. The Bertz CT molecular complexity index is 274. The molecular formula is C11H16N2O. The van der Waals surface area contributed by atoms with E-state index in [-0.39, 0.29) is 0 Å². The van der Waals surface area contributed by atoms with Crippen LogP contribution >= 0.6 is 0 Å². The van der Waals surface area contributed by atoms with Gasteiger partial charge in [0.05, 0.1) is 6.04 Å². The van der Waals surface area contributed by atoms with Crippen LogP contribution in [0.5, 0.6) is 0 Å². The third kappa shape index (κ3) is 2.85. The van der Waals surface area contributed by atoms with Crippen LogP contribution in [0, 0.1) is 0 Å². The molecule has 1 aromatic carbocycles. The first kappa shape index (κ1) is 10.7. The molecule has 76 valence electrons. The number of carbonyl (C=O) groups is 1. The third-order valence-corrected chi connectivity index (χ3v) is 2.11. The van der Waals surface area contributed by atoms with Crippen LogP contribution < -0.4 is 10.6 Å². The Morgan fingerprint density at radius 2 is 2.07 bits per heavy atom. The van der Waals surface area contributed by atoms with Crippen molar-refractivity contribution >= 4 is 12.0 Å². The number of nitrogens with two attached hydrogens (primary N) is 1. The van der Waals surface area contributed by atoms with Crippen molar-refractivity contribution in [3.05, 3.63) is 30.3 Å². The van der Waals surface area contributed by atoms with Gasteiger partial charge in [0.2, 0.25) is 0 Å². The summed E-state index contributed by atoms with van der Waals surface area (Å²) in [5, 5.41) is 0. The van der Waals surface area contributed by atoms with Gasteiger partial charge in [0.25, 0.3) is 0 Å². The first-order valence-corrected chi connectivity index (χ1v) is 4.78. The number of rotatable bonds is 5. The molecule has 1 unspecified atom stereocenters. The first-order chi connectivity index (χ1) is 6.77. The Kier molecular flexibility index (Phi) is 4.13. The van der Waals surface area contributed by atoms with E-state index in [1.165, 1.54) is 0 Å². The quantitative estimate of drug-likeness (QED) is 0.709. The normalized spacial score (nSPS) is 12.1. The lowest BCUT2D eigenvalue weighted by Gasteiger charge is -2.24. The highest BCUT2D eigenvalue weighted by atomic mass is 16.1. The highest BCUT2D eigenvalue weighted by Gasteiger charge is 2.07. The summed E-state index contributed by atoms with van der Waals surface area (Å²) < 4.78 is 0. The molecule has 0 fully saturated rings. The zero-order valence-corrected chi connectivity index (χ0v) is 8.39. The number of benzene rings is 1. The van der Waals surface area contributed by atoms with E-state index in [0.717, 1.165) is 18.5 Å². The van der Waals surface area contributed by atoms with Gasteiger partial charge in [-0.15, -0.1) is 0 Å². The summed E-state index contributed by atoms with van der Waals surface area (Å²) in [6.07, 6.45) is 0.783. The number of anilines is 1. The monoisotopic (exact) mass is 192 g/mol. The molecule has 0 radical (unpaired) electrons. The van der Waals surface area contributed by atoms with Crippen molar-refractivity contribution in [3.63, 3.8) is 0 Å². The van der Waals surface area contributed by atoms with Crippen molar-refractivity contribution in [1.29, 1.82) is 0 Å². The van der Waals surface area contributed by atoms with Crippen molar-refractivity contribution in [1.82, 2.24) is 0 Å². The number of aldehydes is 1. The summed E-state index contributed by atoms with van der Waals surface area (Å²) in [6, 6.07) is 9.55. The number of carbonyl (C=O) groups excluding carboxylic acids is 1. The summed E-state index contributed by atoms with van der Waals surface area (Å²) in [5.74, 6) is 0. The van der Waals surface area contributed by atoms with Crippen LogP contribution in [-0.4, -0.2) is 25.4 Å². The van der Waals surface area contributed by atoms with Crippen LogP contribution in [0.4, 0.5) is 5.69 Å². The average molecular weight is 192 g/mol. The van der Waals surface area contributed by atoms with E-state index in [1.54, 1.807) is 0 Å². The van der Waals surface area contributed by atoms with E-state index in [4.69, 9.17) is 5.73 Å². The molecule has 0 heterocycles. The van der Waals surface area contributed by atoms with Crippen LogP contribution in [0.1, 0.15) is 6.92 Å². The number of hydrogen-bond acceptors (Lipinski definition) is 3. The maximum atomic E-state index is 10.4. The van der Waals surface area contributed by atoms with Crippen LogP contribution in [0.3, 0.4) is 0 Å². The highest BCUT2D eigenvalue weighted by Crippen LogP contribution is 2.12. The van der Waals surface area contributed by atoms with Crippen molar-refractivity contribution in [2.24, 2.45) is 5.73 Å². The molecular weight excluding hydrogens is 176 g/mol. The highest BCUT2D eigenvalue weighted by molar-refractivity contribution is 5.59. The van der Waals surface area contributed by atoms with E-state index in [1.807, 2.05) is 37.3 Å². The summed E-state index contributed by atoms with van der Waals surface area (Å²) in [5.41, 5.74) is 6.68. The molecule has 3 heteroatoms. The van der Waals surface area contributed by atoms with Gasteiger partial charge in [-0.1, -0.05) is 18.2 Å². The predicted molar refractivity (Wildman–Crippen MR) is 58.4 cm³/mol. The minimum atomic E-state index is -0.407. The smallest absolute Gasteiger partial charge is 0.138 e. The van der Waals surface area contributed by atoms with E-state index >= 15 is 0 Å². The van der Waals surface area contributed by atoms with Gasteiger partial charge in [0, 0.05) is 18.8 Å². The lowest BCUT2D eigenvalue weighted by molar-refractivity contribution is -0.108. The lowest BCUT2D eigenvalue weighted by atomic mass is 10.2. The fraction of sp³-hybridized carbons (Fsp3) is 0.364. The summed E-state index contributed by atoms with van der Waals surface area (Å²) in [6.45, 7) is 3.47. The second kappa shape index (κ2) is 5.40. The van der Waals surface area contributed by atoms with Gasteiger partial charge in [-0.25, -0.2) is 0 Å². The molecule has 0 aromatic heterocycles. The van der Waals surface area contributed by atoms with Gasteiger partial charge < -0.3 is 15.4 Å². The SMILES string of the molecule is CCN(CC(N)C=O)c1ccccc1. The van der Waals surface area contributed by atoms with Gasteiger partial charge in [0.15, 0.2) is 0 Å². The Hall–Kier alpha value is -1.35. The topological polar surface area (TPSA) is 46.3 Å². The van der Waals surface area contributed by atoms with Crippen LogP contribution in [0.15, 0.2) is 30.3 Å². The summed E-state index contributed by atoms with van der Waals surface area (Å²) in [4.78, 5) is 12.5. The van der Waals surface area contributed by atoms with Crippen LogP contribution in [0.2, 0.25) is 0 Å². The predicted octanol–water partition coefficient (Wildman–Crippen LogP) is 1.04. The standard InChI is InChI=1S/C11H16N2O/c1-2-13(8-10(12)9-14)11-6-4-3-5-7-11/h3-7,9-10H,2,8,12H2,1H3. The number of hydrogen-bond donors (Lipinski definition) is 1. The Morgan fingerprint density at radius 3 is 2.57 bits per heavy atom. The summed E-state index contributed by atoms with van der Waals surface area (Å²) in [7, 11) is 0. The zero-order valence-electron chi connectivity index (χ0n) is 8.39. The molecule has 0 amide bonds. The second-order valence-corrected chi connectivity index (χ2v) is 3.17. The van der Waals surface area contributed by atoms with E-state index < -0.39 is 6.04 Å². The van der Waals surface area contributed by atoms with E-state index in [0.29, 0.717) is 6.54 Å². The van der Waals surface area contributed by atoms with Gasteiger partial charge in [0.1, 0.15) is 6.29 Å². The molecule has 0 saturated carbocycles. The molecule has 0 saturated heterocycles. The third-order valence-electron chi connectivity index (χ3n) is 2.11. The van der Waals surface area contributed by atoms with Gasteiger partial charge in [-0.3, -0.25) is 0 Å². The lowest BCUT2D eigenvalue weighted by Crippen LogP contribution is -2.38. The number of likely N-dealkylation sites (N-methyl/N-ethyl adjacent to an activating group) is 1. The maximum absolute atomic E-state index is 10.4. The molecule has 0 spiro atoms. The molecule has 1 rings (SSSR count). The van der Waals surface area contributed by atoms with Gasteiger partial charge in [-0.05, 0) is 19.1 Å². The molecule has 14 heavy (non-hydrogen) atoms. The van der Waals surface area contributed by atoms with E-state index in [9.17, 15) is 4.79 Å². The average Bonchev–Trinajstić information content (AvgIpc) is 2.26. The fourth-order valence-electron chi connectivity index (χ4n) is 1.35. The molecule has 0 aliphatic heterocycles. The van der Waals surface area contributed by atoms with Crippen LogP contribution in [-0.2, 0) is 4.79 Å².